The van der Waals surface area contributed by atoms with Gasteiger partial charge in [0.25, 0.3) is 0 Å². The molecule has 1 saturated heterocycles. The maximum atomic E-state index is 14.7. The Morgan fingerprint density at radius 1 is 1.27 bits per heavy atom. The van der Waals surface area contributed by atoms with E-state index in [4.69, 9.17) is 14.3 Å². The molecule has 2 heterocycles. The van der Waals surface area contributed by atoms with E-state index in [0.29, 0.717) is 17.8 Å². The molecule has 0 unspecified atom stereocenters. The molecule has 182 valence electrons. The van der Waals surface area contributed by atoms with Gasteiger partial charge in [-0.1, -0.05) is 6.92 Å². The van der Waals surface area contributed by atoms with Gasteiger partial charge in [-0.3, -0.25) is 14.5 Å². The van der Waals surface area contributed by atoms with Crippen molar-refractivity contribution in [3.8, 4) is 0 Å². The average molecular weight is 506 g/mol. The fourth-order valence-electron chi connectivity index (χ4n) is 3.43. The van der Waals surface area contributed by atoms with Crippen molar-refractivity contribution in [1.29, 1.82) is 0 Å². The normalized spacial score (nSPS) is 17.2. The Kier molecular flexibility index (Phi) is 8.90. The predicted molar refractivity (Wildman–Crippen MR) is 122 cm³/mol. The van der Waals surface area contributed by atoms with Gasteiger partial charge in [-0.25, -0.2) is 14.0 Å². The van der Waals surface area contributed by atoms with Gasteiger partial charge in [0.05, 0.1) is 30.9 Å². The molecule has 0 spiro atoms. The first-order valence-electron chi connectivity index (χ1n) is 10.2. The molecule has 12 heteroatoms. The monoisotopic (exact) mass is 505 g/mol. The van der Waals surface area contributed by atoms with Gasteiger partial charge in [0.2, 0.25) is 5.91 Å². The number of hydrogen-bond donors (Lipinski definition) is 1. The maximum absolute atomic E-state index is 14.7. The largest absolute Gasteiger partial charge is 0.444 e. The Morgan fingerprint density at radius 3 is 2.48 bits per heavy atom. The van der Waals surface area contributed by atoms with Crippen molar-refractivity contribution in [2.45, 2.75) is 52.2 Å². The van der Waals surface area contributed by atoms with Crippen molar-refractivity contribution in [3.05, 3.63) is 23.5 Å². The number of benzene rings is 1. The number of rotatable bonds is 5. The molecule has 1 aromatic carbocycles. The number of hydrogen-bond acceptors (Lipinski definition) is 6. The van der Waals surface area contributed by atoms with Gasteiger partial charge in [-0.05, 0) is 68.1 Å². The van der Waals surface area contributed by atoms with Crippen LogP contribution in [0.4, 0.5) is 30.1 Å². The number of anilines is 2. The molecule has 33 heavy (non-hydrogen) atoms. The molecule has 9 nitrogen and oxygen atoms in total. The summed E-state index contributed by atoms with van der Waals surface area (Å²) in [6.07, 6.45) is -1.01. The summed E-state index contributed by atoms with van der Waals surface area (Å²) in [5, 5.41) is 2.56. The number of nitrogens with one attached hydrogen (secondary N) is 1. The Morgan fingerprint density at radius 2 is 1.91 bits per heavy atom. The summed E-state index contributed by atoms with van der Waals surface area (Å²) in [5.74, 6) is -0.693. The van der Waals surface area contributed by atoms with Crippen molar-refractivity contribution in [2.75, 3.05) is 29.4 Å². The van der Waals surface area contributed by atoms with Gasteiger partial charge in [0.15, 0.2) is 0 Å². The van der Waals surface area contributed by atoms with E-state index in [1.165, 1.54) is 15.9 Å². The first-order chi connectivity index (χ1) is 15.3. The number of amides is 3. The Labute approximate surface area is 201 Å². The summed E-state index contributed by atoms with van der Waals surface area (Å²) in [5.41, 5.74) is 0.545. The summed E-state index contributed by atoms with van der Waals surface area (Å²) in [6, 6.07) is 2.89. The Bertz CT molecular complexity index is 933. The fraction of sp³-hybridized carbons (Fsp3) is 0.524. The van der Waals surface area contributed by atoms with Crippen molar-refractivity contribution in [3.63, 3.8) is 0 Å². The number of cyclic esters (lactones) is 1. The summed E-state index contributed by atoms with van der Waals surface area (Å²) >= 11 is 8.80. The second kappa shape index (κ2) is 11.0. The van der Waals surface area contributed by atoms with Gasteiger partial charge in [-0.15, -0.1) is 0 Å². The maximum Gasteiger partial charge on any atom is 0.414 e. The lowest BCUT2D eigenvalue weighted by Crippen LogP contribution is -2.38. The zero-order chi connectivity index (χ0) is 24.9. The molecule has 0 bridgehead atoms. The van der Waals surface area contributed by atoms with Crippen LogP contribution >= 0.6 is 23.2 Å². The second-order valence-corrected chi connectivity index (χ2v) is 9.26. The van der Waals surface area contributed by atoms with Crippen LogP contribution in [0.25, 0.3) is 0 Å². The molecule has 3 rings (SSSR count). The molecule has 3 amide bonds. The molecule has 1 N–H and O–H groups in total. The molecular formula is C21H26Cl2FN3O6. The van der Waals surface area contributed by atoms with Crippen LogP contribution in [0.5, 0.6) is 0 Å². The first kappa shape index (κ1) is 26.7. The van der Waals surface area contributed by atoms with Crippen LogP contribution in [0.3, 0.4) is 0 Å². The summed E-state index contributed by atoms with van der Waals surface area (Å²) < 4.78 is 24.3. The zero-order valence-corrected chi connectivity index (χ0v) is 20.3. The SMILES string of the molecule is CCCN1C(=O)Cc2cc(N3C[C@H](CNC(=O)OC(C)(C)C)OC3=O)cc(F)c21.O=C(Cl)Cl. The highest BCUT2D eigenvalue weighted by Gasteiger charge is 2.36. The molecule has 1 aromatic rings. The van der Waals surface area contributed by atoms with Crippen LogP contribution in [0, 0.1) is 5.82 Å². The van der Waals surface area contributed by atoms with Crippen molar-refractivity contribution < 1.29 is 33.0 Å². The Balaban J connectivity index is 0.000000890. The number of halogens is 3. The molecule has 0 saturated carbocycles. The lowest BCUT2D eigenvalue weighted by atomic mass is 10.1. The first-order valence-corrected chi connectivity index (χ1v) is 11.0. The lowest BCUT2D eigenvalue weighted by molar-refractivity contribution is -0.117. The topological polar surface area (TPSA) is 105 Å². The van der Waals surface area contributed by atoms with E-state index >= 15 is 0 Å². The van der Waals surface area contributed by atoms with Crippen LogP contribution in [0.2, 0.25) is 0 Å². The van der Waals surface area contributed by atoms with Crippen LogP contribution in [0.1, 0.15) is 39.7 Å². The highest BCUT2D eigenvalue weighted by Crippen LogP contribution is 2.36. The minimum Gasteiger partial charge on any atom is -0.444 e. The van der Waals surface area contributed by atoms with E-state index in [1.807, 2.05) is 6.92 Å². The molecule has 2 aliphatic heterocycles. The molecule has 0 aliphatic carbocycles. The van der Waals surface area contributed by atoms with Crippen molar-refractivity contribution >= 4 is 57.4 Å². The fourth-order valence-corrected chi connectivity index (χ4v) is 3.43. The van der Waals surface area contributed by atoms with E-state index in [-0.39, 0.29) is 31.1 Å². The number of alkyl carbamates (subject to hydrolysis) is 1. The predicted octanol–water partition coefficient (Wildman–Crippen LogP) is 4.56. The van der Waals surface area contributed by atoms with Gasteiger partial charge < -0.3 is 19.7 Å². The second-order valence-electron chi connectivity index (χ2n) is 8.38. The van der Waals surface area contributed by atoms with E-state index in [9.17, 15) is 18.8 Å². The van der Waals surface area contributed by atoms with Gasteiger partial charge in [-0.2, -0.15) is 0 Å². The third-order valence-electron chi connectivity index (χ3n) is 4.55. The molecule has 2 aliphatic rings. The smallest absolute Gasteiger partial charge is 0.414 e. The minimum absolute atomic E-state index is 0.0767. The number of ether oxygens (including phenoxy) is 2. The standard InChI is InChI=1S/C20H26FN3O5.CCl2O/c1-5-6-23-16(25)8-12-7-13(9-15(21)17(12)23)24-11-14(28-19(24)27)10-22-18(26)29-20(2,3)4;2-1(3)4/h7,9,14H,5-6,8,10-11H2,1-4H3,(H,22,26);/t14-;/m0./s1. The van der Waals surface area contributed by atoms with Crippen LogP contribution in [-0.4, -0.2) is 54.1 Å². The van der Waals surface area contributed by atoms with Crippen LogP contribution in [0.15, 0.2) is 12.1 Å². The van der Waals surface area contributed by atoms with Gasteiger partial charge in [0.1, 0.15) is 17.5 Å². The van der Waals surface area contributed by atoms with Gasteiger partial charge in [0, 0.05) is 6.54 Å². The van der Waals surface area contributed by atoms with Gasteiger partial charge >= 0.3 is 16.9 Å². The molecule has 1 atom stereocenters. The number of fused-ring (bicyclic) bond motifs is 1. The number of carbonyl (C=O) groups excluding carboxylic acids is 4. The summed E-state index contributed by atoms with van der Waals surface area (Å²) in [6.45, 7) is 7.85. The van der Waals surface area contributed by atoms with Crippen LogP contribution < -0.4 is 15.1 Å². The van der Waals surface area contributed by atoms with E-state index in [2.05, 4.69) is 28.5 Å². The number of carbonyl (C=O) groups is 4. The van der Waals surface area contributed by atoms with Crippen LogP contribution in [-0.2, 0) is 20.7 Å². The highest BCUT2D eigenvalue weighted by atomic mass is 35.5. The average Bonchev–Trinajstić information content (AvgIpc) is 3.18. The summed E-state index contributed by atoms with van der Waals surface area (Å²) in [7, 11) is 0. The van der Waals surface area contributed by atoms with E-state index in [1.54, 1.807) is 26.8 Å². The third kappa shape index (κ3) is 7.46. The molecule has 1 fully saturated rings. The van der Waals surface area contributed by atoms with E-state index < -0.39 is 34.4 Å². The highest BCUT2D eigenvalue weighted by molar-refractivity contribution is 6.93. The quantitative estimate of drug-likeness (QED) is 0.588. The number of nitrogens with zero attached hydrogens (tertiary/aromatic N) is 2. The van der Waals surface area contributed by atoms with E-state index in [0.717, 1.165) is 6.42 Å². The van der Waals surface area contributed by atoms with Crippen molar-refractivity contribution in [2.24, 2.45) is 0 Å². The Hall–Kier alpha value is -2.59. The minimum atomic E-state index is -0.889. The lowest BCUT2D eigenvalue weighted by Gasteiger charge is -2.20. The molecule has 0 aromatic heterocycles. The molecule has 0 radical (unpaired) electrons. The third-order valence-corrected chi connectivity index (χ3v) is 4.55. The van der Waals surface area contributed by atoms with Crippen molar-refractivity contribution in [1.82, 2.24) is 5.32 Å². The zero-order valence-electron chi connectivity index (χ0n) is 18.7. The summed E-state index contributed by atoms with van der Waals surface area (Å²) in [4.78, 5) is 47.9. The molecular weight excluding hydrogens is 480 g/mol.